The second kappa shape index (κ2) is 5.65. The van der Waals surface area contributed by atoms with Gasteiger partial charge in [-0.15, -0.1) is 0 Å². The Hall–Kier alpha value is -1.49. The molecule has 2 unspecified atom stereocenters. The first-order valence-electron chi connectivity index (χ1n) is 6.53. The van der Waals surface area contributed by atoms with Gasteiger partial charge in [0, 0.05) is 16.9 Å². The molecule has 1 saturated carbocycles. The quantitative estimate of drug-likeness (QED) is 0.926. The van der Waals surface area contributed by atoms with Crippen LogP contribution in [0, 0.1) is 0 Å². The third-order valence-corrected chi connectivity index (χ3v) is 4.59. The summed E-state index contributed by atoms with van der Waals surface area (Å²) in [5, 5.41) is 8.13. The van der Waals surface area contributed by atoms with Crippen LogP contribution in [0.15, 0.2) is 34.9 Å². The lowest BCUT2D eigenvalue weighted by Crippen LogP contribution is -2.16. The Bertz CT molecular complexity index is 528. The average molecular weight is 275 g/mol. The third-order valence-electron chi connectivity index (χ3n) is 3.50. The van der Waals surface area contributed by atoms with Crippen molar-refractivity contribution >= 4 is 17.7 Å². The van der Waals surface area contributed by atoms with E-state index < -0.39 is 0 Å². The minimum absolute atomic E-state index is 0.471. The second-order valence-electron chi connectivity index (χ2n) is 4.80. The molecule has 1 fully saturated rings. The van der Waals surface area contributed by atoms with Crippen molar-refractivity contribution in [1.82, 2.24) is 10.1 Å². The Kier molecular flexibility index (Phi) is 3.73. The van der Waals surface area contributed by atoms with Crippen LogP contribution >= 0.6 is 11.8 Å². The molecule has 1 aromatic heterocycles. The van der Waals surface area contributed by atoms with Crippen molar-refractivity contribution in [2.45, 2.75) is 30.6 Å². The van der Waals surface area contributed by atoms with Crippen molar-refractivity contribution < 1.29 is 4.52 Å². The van der Waals surface area contributed by atoms with Gasteiger partial charge in [0.25, 0.3) is 11.8 Å². The average Bonchev–Trinajstić information content (AvgIpc) is 3.09. The van der Waals surface area contributed by atoms with E-state index in [2.05, 4.69) is 21.7 Å². The Balaban J connectivity index is 1.66. The highest BCUT2D eigenvalue weighted by atomic mass is 32.2. The smallest absolute Gasteiger partial charge is 0.263 e. The summed E-state index contributed by atoms with van der Waals surface area (Å²) in [7, 11) is 0. The van der Waals surface area contributed by atoms with Gasteiger partial charge in [-0.05, 0) is 42.8 Å². The van der Waals surface area contributed by atoms with Crippen LogP contribution in [0.4, 0.5) is 5.95 Å². The van der Waals surface area contributed by atoms with Crippen LogP contribution < -0.4 is 5.32 Å². The van der Waals surface area contributed by atoms with Crippen LogP contribution in [0.5, 0.6) is 0 Å². The number of rotatable bonds is 4. The molecule has 1 aliphatic rings. The third kappa shape index (κ3) is 2.92. The number of nitrogens with one attached hydrogen (secondary N) is 1. The Morgan fingerprint density at radius 1 is 1.26 bits per heavy atom. The summed E-state index contributed by atoms with van der Waals surface area (Å²) >= 11 is 1.94. The van der Waals surface area contributed by atoms with Gasteiger partial charge >= 0.3 is 0 Å². The first-order chi connectivity index (χ1) is 9.35. The molecule has 0 amide bonds. The van der Waals surface area contributed by atoms with E-state index in [1.165, 1.54) is 19.3 Å². The molecule has 2 atom stereocenters. The van der Waals surface area contributed by atoms with Crippen molar-refractivity contribution in [3.05, 3.63) is 30.3 Å². The summed E-state index contributed by atoms with van der Waals surface area (Å²) < 4.78 is 5.29. The number of nitrogens with zero attached hydrogens (tertiary/aromatic N) is 2. The molecule has 0 saturated heterocycles. The molecule has 2 aromatic rings. The van der Waals surface area contributed by atoms with Crippen LogP contribution in [-0.2, 0) is 0 Å². The van der Waals surface area contributed by atoms with Crippen molar-refractivity contribution in [3.8, 4) is 11.5 Å². The topological polar surface area (TPSA) is 51.0 Å². The van der Waals surface area contributed by atoms with Crippen LogP contribution in [-0.4, -0.2) is 27.7 Å². The number of benzene rings is 1. The molecular formula is C14H17N3OS. The summed E-state index contributed by atoms with van der Waals surface area (Å²) in [5.74, 6) is 1.17. The minimum Gasteiger partial charge on any atom is -0.349 e. The molecule has 0 bridgehead atoms. The summed E-state index contributed by atoms with van der Waals surface area (Å²) in [6.07, 6.45) is 5.80. The maximum absolute atomic E-state index is 5.29. The van der Waals surface area contributed by atoms with Crippen LogP contribution in [0.25, 0.3) is 11.5 Å². The van der Waals surface area contributed by atoms with Crippen LogP contribution in [0.3, 0.4) is 0 Å². The van der Waals surface area contributed by atoms with Crippen LogP contribution in [0.2, 0.25) is 0 Å². The van der Waals surface area contributed by atoms with Crippen molar-refractivity contribution in [1.29, 1.82) is 0 Å². The predicted octanol–water partition coefficient (Wildman–Crippen LogP) is 3.43. The summed E-state index contributed by atoms with van der Waals surface area (Å²) in [6, 6.07) is 10.3. The lowest BCUT2D eigenvalue weighted by Gasteiger charge is -2.09. The van der Waals surface area contributed by atoms with Gasteiger partial charge in [-0.2, -0.15) is 16.7 Å². The fourth-order valence-electron chi connectivity index (χ4n) is 2.45. The molecule has 4 nitrogen and oxygen atoms in total. The number of thioether (sulfide) groups is 1. The maximum atomic E-state index is 5.29. The summed E-state index contributed by atoms with van der Waals surface area (Å²) in [6.45, 7) is 0. The SMILES string of the molecule is CSC1CCC(Nc2noc(-c3ccccc3)n2)C1. The van der Waals surface area contributed by atoms with Crippen LogP contribution in [0.1, 0.15) is 19.3 Å². The molecular weight excluding hydrogens is 258 g/mol. The first kappa shape index (κ1) is 12.5. The number of hydrogen-bond donors (Lipinski definition) is 1. The highest BCUT2D eigenvalue weighted by molar-refractivity contribution is 7.99. The molecule has 1 aliphatic carbocycles. The van der Waals surface area contributed by atoms with Gasteiger partial charge in [-0.25, -0.2) is 0 Å². The minimum atomic E-state index is 0.471. The van der Waals surface area contributed by atoms with E-state index in [1.807, 2.05) is 42.1 Å². The standard InChI is InChI=1S/C14H17N3OS/c1-19-12-8-7-11(9-12)15-14-16-13(18-17-14)10-5-3-2-4-6-10/h2-6,11-12H,7-9H2,1H3,(H,15,17). The zero-order chi connectivity index (χ0) is 13.1. The van der Waals surface area contributed by atoms with Gasteiger partial charge in [-0.1, -0.05) is 18.2 Å². The van der Waals surface area contributed by atoms with Gasteiger partial charge in [0.2, 0.25) is 0 Å². The monoisotopic (exact) mass is 275 g/mol. The molecule has 100 valence electrons. The van der Waals surface area contributed by atoms with Gasteiger partial charge in [0.05, 0.1) is 0 Å². The number of aromatic nitrogens is 2. The van der Waals surface area contributed by atoms with Crippen molar-refractivity contribution in [2.75, 3.05) is 11.6 Å². The normalized spacial score (nSPS) is 22.6. The Morgan fingerprint density at radius 3 is 2.84 bits per heavy atom. The fourth-order valence-corrected chi connectivity index (χ4v) is 3.24. The second-order valence-corrected chi connectivity index (χ2v) is 5.94. The zero-order valence-corrected chi connectivity index (χ0v) is 11.7. The zero-order valence-electron chi connectivity index (χ0n) is 10.9. The number of anilines is 1. The molecule has 19 heavy (non-hydrogen) atoms. The Morgan fingerprint density at radius 2 is 2.11 bits per heavy atom. The van der Waals surface area contributed by atoms with Gasteiger partial charge < -0.3 is 9.84 Å². The summed E-state index contributed by atoms with van der Waals surface area (Å²) in [4.78, 5) is 4.40. The van der Waals surface area contributed by atoms with E-state index in [0.29, 0.717) is 17.9 Å². The first-order valence-corrected chi connectivity index (χ1v) is 7.82. The highest BCUT2D eigenvalue weighted by Crippen LogP contribution is 2.30. The van der Waals surface area contributed by atoms with Gasteiger partial charge in [0.15, 0.2) is 0 Å². The lowest BCUT2D eigenvalue weighted by molar-refractivity contribution is 0.431. The van der Waals surface area contributed by atoms with E-state index in [1.54, 1.807) is 0 Å². The summed E-state index contributed by atoms with van der Waals surface area (Å²) in [5.41, 5.74) is 0.955. The van der Waals surface area contributed by atoms with Crippen molar-refractivity contribution in [3.63, 3.8) is 0 Å². The van der Waals surface area contributed by atoms with Gasteiger partial charge in [-0.3, -0.25) is 0 Å². The molecule has 5 heteroatoms. The molecule has 0 aliphatic heterocycles. The van der Waals surface area contributed by atoms with Gasteiger partial charge in [0.1, 0.15) is 0 Å². The molecule has 1 heterocycles. The highest BCUT2D eigenvalue weighted by Gasteiger charge is 2.24. The predicted molar refractivity (Wildman–Crippen MR) is 78.3 cm³/mol. The molecule has 1 aromatic carbocycles. The van der Waals surface area contributed by atoms with E-state index in [9.17, 15) is 0 Å². The lowest BCUT2D eigenvalue weighted by atomic mass is 10.2. The number of hydrogen-bond acceptors (Lipinski definition) is 5. The van der Waals surface area contributed by atoms with E-state index in [-0.39, 0.29) is 0 Å². The fraction of sp³-hybridized carbons (Fsp3) is 0.429. The Labute approximate surface area is 117 Å². The molecule has 3 rings (SSSR count). The van der Waals surface area contributed by atoms with E-state index >= 15 is 0 Å². The van der Waals surface area contributed by atoms with E-state index in [4.69, 9.17) is 4.52 Å². The van der Waals surface area contributed by atoms with Crippen molar-refractivity contribution in [2.24, 2.45) is 0 Å². The molecule has 0 spiro atoms. The largest absolute Gasteiger partial charge is 0.349 e. The maximum Gasteiger partial charge on any atom is 0.263 e. The molecule has 0 radical (unpaired) electrons. The molecule has 1 N–H and O–H groups in total. The van der Waals surface area contributed by atoms with E-state index in [0.717, 1.165) is 10.8 Å².